The molecule has 186 valence electrons. The number of rotatable bonds is 8. The van der Waals surface area contributed by atoms with Gasteiger partial charge in [0.25, 0.3) is 0 Å². The lowest BCUT2D eigenvalue weighted by atomic mass is 10.1. The number of hydrogen-bond acceptors (Lipinski definition) is 4. The van der Waals surface area contributed by atoms with Gasteiger partial charge >= 0.3 is 0 Å². The molecule has 34 heavy (non-hydrogen) atoms. The summed E-state index contributed by atoms with van der Waals surface area (Å²) in [4.78, 5) is 27.8. The minimum absolute atomic E-state index is 0.157. The lowest BCUT2D eigenvalue weighted by Crippen LogP contribution is -2.54. The van der Waals surface area contributed by atoms with Crippen LogP contribution in [-0.2, 0) is 26.2 Å². The molecule has 0 aliphatic rings. The van der Waals surface area contributed by atoms with Crippen molar-refractivity contribution in [2.45, 2.75) is 59.7 Å². The zero-order valence-electron chi connectivity index (χ0n) is 20.8. The summed E-state index contributed by atoms with van der Waals surface area (Å²) in [6.07, 6.45) is 1.04. The lowest BCUT2D eigenvalue weighted by molar-refractivity contribution is -0.140. The Kier molecular flexibility index (Phi) is 8.77. The van der Waals surface area contributed by atoms with Gasteiger partial charge in [0, 0.05) is 17.1 Å². The van der Waals surface area contributed by atoms with E-state index in [9.17, 15) is 18.0 Å². The second-order valence-corrected chi connectivity index (χ2v) is 11.9. The first-order chi connectivity index (χ1) is 15.6. The average Bonchev–Trinajstić information content (AvgIpc) is 2.71. The quantitative estimate of drug-likeness (QED) is 0.583. The SMILES string of the molecule is Cc1ccc(CN(C(=O)CN(c2ccc(C)c(Cl)c2)S(C)(=O)=O)C(C)C(=O)NC(C)(C)C)cc1. The van der Waals surface area contributed by atoms with Gasteiger partial charge in [0.05, 0.1) is 11.9 Å². The number of nitrogens with zero attached hydrogens (tertiary/aromatic N) is 2. The predicted molar refractivity (Wildman–Crippen MR) is 137 cm³/mol. The molecule has 0 aliphatic heterocycles. The number of sulfonamides is 1. The van der Waals surface area contributed by atoms with Crippen molar-refractivity contribution in [3.05, 3.63) is 64.2 Å². The van der Waals surface area contributed by atoms with E-state index in [1.54, 1.807) is 26.0 Å². The smallest absolute Gasteiger partial charge is 0.244 e. The highest BCUT2D eigenvalue weighted by Crippen LogP contribution is 2.25. The summed E-state index contributed by atoms with van der Waals surface area (Å²) in [7, 11) is -3.80. The molecule has 2 aromatic rings. The van der Waals surface area contributed by atoms with E-state index in [-0.39, 0.29) is 18.1 Å². The van der Waals surface area contributed by atoms with Gasteiger partial charge in [-0.2, -0.15) is 0 Å². The minimum atomic E-state index is -3.80. The average molecular weight is 508 g/mol. The molecule has 0 heterocycles. The van der Waals surface area contributed by atoms with Gasteiger partial charge in [-0.25, -0.2) is 8.42 Å². The van der Waals surface area contributed by atoms with Crippen LogP contribution in [-0.4, -0.2) is 49.5 Å². The van der Waals surface area contributed by atoms with Crippen LogP contribution in [0.2, 0.25) is 5.02 Å². The van der Waals surface area contributed by atoms with Gasteiger partial charge < -0.3 is 10.2 Å². The van der Waals surface area contributed by atoms with Crippen LogP contribution in [0.5, 0.6) is 0 Å². The van der Waals surface area contributed by atoms with Crippen molar-refractivity contribution in [3.8, 4) is 0 Å². The summed E-state index contributed by atoms with van der Waals surface area (Å²) < 4.78 is 26.2. The molecule has 0 saturated carbocycles. The Hall–Kier alpha value is -2.58. The van der Waals surface area contributed by atoms with Crippen LogP contribution in [0.4, 0.5) is 5.69 Å². The second-order valence-electron chi connectivity index (χ2n) is 9.63. The highest BCUT2D eigenvalue weighted by Gasteiger charge is 2.31. The number of aryl methyl sites for hydroxylation is 2. The van der Waals surface area contributed by atoms with Crippen molar-refractivity contribution in [2.75, 3.05) is 17.1 Å². The maximum absolute atomic E-state index is 13.5. The van der Waals surface area contributed by atoms with Crippen LogP contribution in [0.25, 0.3) is 0 Å². The van der Waals surface area contributed by atoms with Crippen molar-refractivity contribution in [1.29, 1.82) is 0 Å². The van der Waals surface area contributed by atoms with E-state index in [1.165, 1.54) is 11.0 Å². The Bertz CT molecular complexity index is 1140. The zero-order chi connectivity index (χ0) is 25.8. The van der Waals surface area contributed by atoms with E-state index in [0.29, 0.717) is 5.02 Å². The van der Waals surface area contributed by atoms with E-state index in [4.69, 9.17) is 11.6 Å². The molecule has 1 N–H and O–H groups in total. The number of halogens is 1. The summed E-state index contributed by atoms with van der Waals surface area (Å²) in [6, 6.07) is 11.6. The van der Waals surface area contributed by atoms with Gasteiger partial charge in [-0.1, -0.05) is 47.5 Å². The number of benzene rings is 2. The van der Waals surface area contributed by atoms with Crippen LogP contribution < -0.4 is 9.62 Å². The normalized spacial score (nSPS) is 12.7. The van der Waals surface area contributed by atoms with E-state index in [1.807, 2.05) is 52.0 Å². The Labute approximate surface area is 208 Å². The molecule has 7 nitrogen and oxygen atoms in total. The molecule has 0 aliphatic carbocycles. The third kappa shape index (κ3) is 7.74. The van der Waals surface area contributed by atoms with Gasteiger partial charge in [0.15, 0.2) is 0 Å². The van der Waals surface area contributed by atoms with Crippen LogP contribution in [0, 0.1) is 13.8 Å². The fourth-order valence-corrected chi connectivity index (χ4v) is 4.31. The maximum atomic E-state index is 13.5. The predicted octanol–water partition coefficient (Wildman–Crippen LogP) is 4.05. The van der Waals surface area contributed by atoms with Gasteiger partial charge in [0.2, 0.25) is 21.8 Å². The molecular formula is C25H34ClN3O4S. The van der Waals surface area contributed by atoms with Gasteiger partial charge in [0.1, 0.15) is 12.6 Å². The maximum Gasteiger partial charge on any atom is 0.244 e. The number of carbonyl (C=O) groups is 2. The van der Waals surface area contributed by atoms with Crippen molar-refractivity contribution in [3.63, 3.8) is 0 Å². The summed E-state index contributed by atoms with van der Waals surface area (Å²) in [5.74, 6) is -0.823. The van der Waals surface area contributed by atoms with Crippen molar-refractivity contribution in [2.24, 2.45) is 0 Å². The van der Waals surface area contributed by atoms with Crippen LogP contribution in [0.15, 0.2) is 42.5 Å². The summed E-state index contributed by atoms with van der Waals surface area (Å²) in [6.45, 7) is 10.7. The Morgan fingerprint density at radius 1 is 1.06 bits per heavy atom. The molecule has 0 saturated heterocycles. The molecule has 1 atom stereocenters. The van der Waals surface area contributed by atoms with Crippen molar-refractivity contribution < 1.29 is 18.0 Å². The molecule has 9 heteroatoms. The third-order valence-corrected chi connectivity index (χ3v) is 6.81. The largest absolute Gasteiger partial charge is 0.350 e. The molecular weight excluding hydrogens is 474 g/mol. The Balaban J connectivity index is 2.41. The third-order valence-electron chi connectivity index (χ3n) is 5.26. The first-order valence-electron chi connectivity index (χ1n) is 11.0. The fourth-order valence-electron chi connectivity index (χ4n) is 3.30. The molecule has 0 radical (unpaired) electrons. The number of nitrogens with one attached hydrogen (secondary N) is 1. The number of amides is 2. The Morgan fingerprint density at radius 3 is 2.15 bits per heavy atom. The molecule has 0 spiro atoms. The lowest BCUT2D eigenvalue weighted by Gasteiger charge is -2.33. The minimum Gasteiger partial charge on any atom is -0.350 e. The van der Waals surface area contributed by atoms with Crippen LogP contribution in [0.3, 0.4) is 0 Å². The molecule has 2 rings (SSSR count). The number of carbonyl (C=O) groups excluding carboxylic acids is 2. The first-order valence-corrected chi connectivity index (χ1v) is 13.2. The van der Waals surface area contributed by atoms with Crippen LogP contribution in [0.1, 0.15) is 44.4 Å². The first kappa shape index (κ1) is 27.7. The van der Waals surface area contributed by atoms with E-state index >= 15 is 0 Å². The topological polar surface area (TPSA) is 86.8 Å². The zero-order valence-corrected chi connectivity index (χ0v) is 22.4. The molecule has 2 amide bonds. The molecule has 1 unspecified atom stereocenters. The van der Waals surface area contributed by atoms with Crippen molar-refractivity contribution in [1.82, 2.24) is 10.2 Å². The van der Waals surface area contributed by atoms with Crippen molar-refractivity contribution >= 4 is 39.1 Å². The summed E-state index contributed by atoms with van der Waals surface area (Å²) in [5, 5.41) is 3.29. The number of anilines is 1. The van der Waals surface area contributed by atoms with E-state index in [2.05, 4.69) is 5.32 Å². The summed E-state index contributed by atoms with van der Waals surface area (Å²) >= 11 is 6.21. The van der Waals surface area contributed by atoms with E-state index in [0.717, 1.165) is 27.3 Å². The standard InChI is InChI=1S/C25H34ClN3O4S/c1-17-8-11-20(12-9-17)15-28(19(3)24(31)27-25(4,5)6)23(30)16-29(34(7,32)33)21-13-10-18(2)22(26)14-21/h8-14,19H,15-16H2,1-7H3,(H,27,31). The van der Waals surface area contributed by atoms with Gasteiger partial charge in [-0.3, -0.25) is 13.9 Å². The molecule has 0 bridgehead atoms. The van der Waals surface area contributed by atoms with Gasteiger partial charge in [-0.05, 0) is 64.8 Å². The molecule has 0 fully saturated rings. The fraction of sp³-hybridized carbons (Fsp3) is 0.440. The highest BCUT2D eigenvalue weighted by atomic mass is 35.5. The Morgan fingerprint density at radius 2 is 1.65 bits per heavy atom. The monoisotopic (exact) mass is 507 g/mol. The molecule has 0 aromatic heterocycles. The highest BCUT2D eigenvalue weighted by molar-refractivity contribution is 7.92. The van der Waals surface area contributed by atoms with Gasteiger partial charge in [-0.15, -0.1) is 0 Å². The van der Waals surface area contributed by atoms with E-state index < -0.39 is 34.1 Å². The molecule has 2 aromatic carbocycles. The number of hydrogen-bond donors (Lipinski definition) is 1. The van der Waals surface area contributed by atoms with Crippen LogP contribution >= 0.6 is 11.6 Å². The summed E-state index contributed by atoms with van der Waals surface area (Å²) in [5.41, 5.74) is 2.49. The second kappa shape index (κ2) is 10.8.